The third kappa shape index (κ3) is 2.78. The first kappa shape index (κ1) is 13.6. The molecule has 1 aliphatic rings. The van der Waals surface area contributed by atoms with Crippen molar-refractivity contribution in [2.24, 2.45) is 0 Å². The van der Waals surface area contributed by atoms with Crippen molar-refractivity contribution in [3.63, 3.8) is 0 Å². The largest absolute Gasteiger partial charge is 0.464 e. The van der Waals surface area contributed by atoms with E-state index in [4.69, 9.17) is 4.74 Å². The van der Waals surface area contributed by atoms with Gasteiger partial charge in [0.05, 0.1) is 11.8 Å². The maximum Gasteiger partial charge on any atom is 0.316 e. The summed E-state index contributed by atoms with van der Waals surface area (Å²) < 4.78 is 5.28. The molecule has 1 amide bonds. The van der Waals surface area contributed by atoms with Crippen molar-refractivity contribution in [2.75, 3.05) is 13.7 Å². The molecular formula is C15H19NO3. The Balaban J connectivity index is 1.98. The molecule has 0 heterocycles. The zero-order valence-electron chi connectivity index (χ0n) is 11.1. The van der Waals surface area contributed by atoms with E-state index in [1.54, 1.807) is 7.05 Å². The van der Waals surface area contributed by atoms with Gasteiger partial charge in [0.1, 0.15) is 6.61 Å². The molecule has 1 fully saturated rings. The fourth-order valence-electron chi connectivity index (χ4n) is 2.40. The van der Waals surface area contributed by atoms with E-state index >= 15 is 0 Å². The van der Waals surface area contributed by atoms with Crippen LogP contribution in [-0.4, -0.2) is 25.5 Å². The Morgan fingerprint density at radius 2 is 1.95 bits per heavy atom. The number of carbonyl (C=O) groups is 2. The van der Waals surface area contributed by atoms with Gasteiger partial charge in [-0.05, 0) is 18.4 Å². The Kier molecular flexibility index (Phi) is 4.20. The molecule has 0 radical (unpaired) electrons. The Hall–Kier alpha value is -1.84. The number of ether oxygens (including phenoxy) is 1. The Labute approximate surface area is 113 Å². The molecule has 2 rings (SSSR count). The van der Waals surface area contributed by atoms with Crippen LogP contribution in [0.1, 0.15) is 31.2 Å². The van der Waals surface area contributed by atoms with Crippen molar-refractivity contribution >= 4 is 11.9 Å². The van der Waals surface area contributed by atoms with Gasteiger partial charge in [-0.2, -0.15) is 0 Å². The number of esters is 1. The van der Waals surface area contributed by atoms with Gasteiger partial charge in [0.25, 0.3) is 0 Å². The van der Waals surface area contributed by atoms with Crippen LogP contribution in [0, 0.1) is 0 Å². The van der Waals surface area contributed by atoms with Gasteiger partial charge in [0.2, 0.25) is 5.91 Å². The number of nitrogens with one attached hydrogen (secondary N) is 1. The minimum atomic E-state index is -0.482. The highest BCUT2D eigenvalue weighted by atomic mass is 16.5. The number of hydrogen-bond acceptors (Lipinski definition) is 3. The molecule has 0 spiro atoms. The van der Waals surface area contributed by atoms with Crippen molar-refractivity contribution < 1.29 is 14.3 Å². The zero-order chi connectivity index (χ0) is 13.7. The molecule has 0 atom stereocenters. The molecular weight excluding hydrogens is 242 g/mol. The molecule has 4 heteroatoms. The van der Waals surface area contributed by atoms with Gasteiger partial charge >= 0.3 is 5.97 Å². The average molecular weight is 261 g/mol. The molecule has 1 saturated carbocycles. The van der Waals surface area contributed by atoms with Crippen LogP contribution < -0.4 is 5.32 Å². The molecule has 0 unspecified atom stereocenters. The lowest BCUT2D eigenvalue weighted by Gasteiger charge is -2.39. The second-order valence-electron chi connectivity index (χ2n) is 4.86. The van der Waals surface area contributed by atoms with Gasteiger partial charge in [-0.15, -0.1) is 0 Å². The summed E-state index contributed by atoms with van der Waals surface area (Å²) >= 11 is 0. The van der Waals surface area contributed by atoms with Gasteiger partial charge in [-0.1, -0.05) is 36.8 Å². The van der Waals surface area contributed by atoms with Gasteiger partial charge in [-0.25, -0.2) is 0 Å². The van der Waals surface area contributed by atoms with Crippen LogP contribution in [0.3, 0.4) is 0 Å². The lowest BCUT2D eigenvalue weighted by molar-refractivity contribution is -0.154. The molecule has 0 aromatic heterocycles. The van der Waals surface area contributed by atoms with E-state index < -0.39 is 5.41 Å². The maximum atomic E-state index is 12.3. The SMILES string of the molecule is CNC(=O)CCOC(=O)C1(c2ccccc2)CCC1. The van der Waals surface area contributed by atoms with Crippen molar-refractivity contribution in [3.8, 4) is 0 Å². The minimum absolute atomic E-state index is 0.116. The molecule has 4 nitrogen and oxygen atoms in total. The number of amides is 1. The first-order valence-corrected chi connectivity index (χ1v) is 6.62. The monoisotopic (exact) mass is 261 g/mol. The van der Waals surface area contributed by atoms with Crippen molar-refractivity contribution in [1.29, 1.82) is 0 Å². The van der Waals surface area contributed by atoms with Crippen molar-refractivity contribution in [1.82, 2.24) is 5.32 Å². The van der Waals surface area contributed by atoms with Gasteiger partial charge < -0.3 is 10.1 Å². The molecule has 102 valence electrons. The molecule has 0 saturated heterocycles. The molecule has 1 N–H and O–H groups in total. The molecule has 19 heavy (non-hydrogen) atoms. The van der Waals surface area contributed by atoms with Gasteiger partial charge in [0, 0.05) is 7.05 Å². The van der Waals surface area contributed by atoms with Crippen LogP contribution in [0.25, 0.3) is 0 Å². The molecule has 1 aromatic rings. The lowest BCUT2D eigenvalue weighted by Crippen LogP contribution is -2.44. The van der Waals surface area contributed by atoms with E-state index in [9.17, 15) is 9.59 Å². The Morgan fingerprint density at radius 1 is 1.26 bits per heavy atom. The van der Waals surface area contributed by atoms with Crippen LogP contribution in [-0.2, 0) is 19.7 Å². The summed E-state index contributed by atoms with van der Waals surface area (Å²) in [6.45, 7) is 0.146. The number of carbonyl (C=O) groups excluding carboxylic acids is 2. The predicted molar refractivity (Wildman–Crippen MR) is 71.6 cm³/mol. The van der Waals surface area contributed by atoms with Crippen LogP contribution in [0.4, 0.5) is 0 Å². The zero-order valence-corrected chi connectivity index (χ0v) is 11.1. The summed E-state index contributed by atoms with van der Waals surface area (Å²) in [6.07, 6.45) is 2.91. The number of hydrogen-bond donors (Lipinski definition) is 1. The van der Waals surface area contributed by atoms with E-state index in [0.717, 1.165) is 24.8 Å². The van der Waals surface area contributed by atoms with Crippen molar-refractivity contribution in [2.45, 2.75) is 31.1 Å². The first-order chi connectivity index (χ1) is 9.19. The highest BCUT2D eigenvalue weighted by Gasteiger charge is 2.46. The second kappa shape index (κ2) is 5.87. The number of rotatable bonds is 5. The molecule has 0 bridgehead atoms. The van der Waals surface area contributed by atoms with E-state index in [0.29, 0.717) is 0 Å². The van der Waals surface area contributed by atoms with E-state index in [2.05, 4.69) is 5.32 Å². The second-order valence-corrected chi connectivity index (χ2v) is 4.86. The maximum absolute atomic E-state index is 12.3. The van der Waals surface area contributed by atoms with E-state index in [1.807, 2.05) is 30.3 Å². The predicted octanol–water partition coefficient (Wildman–Crippen LogP) is 1.79. The van der Waals surface area contributed by atoms with Crippen LogP contribution in [0.2, 0.25) is 0 Å². The van der Waals surface area contributed by atoms with E-state index in [1.165, 1.54) is 0 Å². The van der Waals surface area contributed by atoms with Crippen LogP contribution in [0.5, 0.6) is 0 Å². The smallest absolute Gasteiger partial charge is 0.316 e. The summed E-state index contributed by atoms with van der Waals surface area (Å²) in [5, 5.41) is 2.51. The highest BCUT2D eigenvalue weighted by Crippen LogP contribution is 2.44. The van der Waals surface area contributed by atoms with Crippen LogP contribution >= 0.6 is 0 Å². The Bertz CT molecular complexity index is 452. The summed E-state index contributed by atoms with van der Waals surface area (Å²) in [4.78, 5) is 23.4. The molecule has 0 aliphatic heterocycles. The lowest BCUT2D eigenvalue weighted by atomic mass is 9.64. The normalized spacial score (nSPS) is 16.3. The number of benzene rings is 1. The highest BCUT2D eigenvalue weighted by molar-refractivity contribution is 5.84. The standard InChI is InChI=1S/C15H19NO3/c1-16-13(17)8-11-19-14(18)15(9-5-10-15)12-6-3-2-4-7-12/h2-4,6-7H,5,8-11H2,1H3,(H,16,17). The third-order valence-electron chi connectivity index (χ3n) is 3.77. The average Bonchev–Trinajstić information content (AvgIpc) is 2.38. The van der Waals surface area contributed by atoms with Crippen molar-refractivity contribution in [3.05, 3.63) is 35.9 Å². The minimum Gasteiger partial charge on any atom is -0.464 e. The molecule has 1 aliphatic carbocycles. The fourth-order valence-corrected chi connectivity index (χ4v) is 2.40. The summed E-state index contributed by atoms with van der Waals surface area (Å²) in [6, 6.07) is 9.76. The summed E-state index contributed by atoms with van der Waals surface area (Å²) in [7, 11) is 1.57. The van der Waals surface area contributed by atoms with Crippen LogP contribution in [0.15, 0.2) is 30.3 Å². The van der Waals surface area contributed by atoms with Gasteiger partial charge in [-0.3, -0.25) is 9.59 Å². The Morgan fingerprint density at radius 3 is 2.47 bits per heavy atom. The summed E-state index contributed by atoms with van der Waals surface area (Å²) in [5.74, 6) is -0.316. The first-order valence-electron chi connectivity index (χ1n) is 6.62. The third-order valence-corrected chi connectivity index (χ3v) is 3.77. The fraction of sp³-hybridized carbons (Fsp3) is 0.467. The van der Waals surface area contributed by atoms with Gasteiger partial charge in [0.15, 0.2) is 0 Å². The topological polar surface area (TPSA) is 55.4 Å². The molecule has 1 aromatic carbocycles. The summed E-state index contributed by atoms with van der Waals surface area (Å²) in [5.41, 5.74) is 0.537. The van der Waals surface area contributed by atoms with E-state index in [-0.39, 0.29) is 24.9 Å². The quantitative estimate of drug-likeness (QED) is 0.822.